The number of rotatable bonds is 4. The van der Waals surface area contributed by atoms with Crippen LogP contribution in [0, 0.1) is 0 Å². The van der Waals surface area contributed by atoms with Crippen molar-refractivity contribution in [1.29, 1.82) is 0 Å². The second kappa shape index (κ2) is 8.11. The zero-order chi connectivity index (χ0) is 21.2. The molecule has 9 heteroatoms. The summed E-state index contributed by atoms with van der Waals surface area (Å²) < 4.78 is 5.36. The molecule has 8 nitrogen and oxygen atoms in total. The maximum Gasteiger partial charge on any atom is 0.276 e. The van der Waals surface area contributed by atoms with Crippen molar-refractivity contribution in [3.63, 3.8) is 0 Å². The number of benzene rings is 1. The number of carbonyl (C=O) groups excluding carboxylic acids is 2. The molecule has 0 saturated carbocycles. The van der Waals surface area contributed by atoms with Crippen LogP contribution in [0.5, 0.6) is 0 Å². The third-order valence-electron chi connectivity index (χ3n) is 4.92. The van der Waals surface area contributed by atoms with E-state index >= 15 is 0 Å². The molecule has 4 heterocycles. The summed E-state index contributed by atoms with van der Waals surface area (Å²) in [5.41, 5.74) is 2.37. The van der Waals surface area contributed by atoms with Crippen molar-refractivity contribution < 1.29 is 14.1 Å². The van der Waals surface area contributed by atoms with E-state index in [1.165, 1.54) is 11.3 Å². The van der Waals surface area contributed by atoms with Gasteiger partial charge in [0.2, 0.25) is 0 Å². The largest absolute Gasteiger partial charge is 0.355 e. The SMILES string of the molecule is O=C(Nc1nc2c(s1)CN(C(=O)c1cc(-c3ccccc3)on1)CC2)c1ccccn1. The van der Waals surface area contributed by atoms with Crippen LogP contribution in [0.3, 0.4) is 0 Å². The molecule has 0 saturated heterocycles. The highest BCUT2D eigenvalue weighted by Gasteiger charge is 2.27. The molecule has 154 valence electrons. The molecule has 31 heavy (non-hydrogen) atoms. The smallest absolute Gasteiger partial charge is 0.276 e. The zero-order valence-corrected chi connectivity index (χ0v) is 17.1. The number of hydrogen-bond donors (Lipinski definition) is 1. The van der Waals surface area contributed by atoms with Crippen LogP contribution in [-0.4, -0.2) is 38.4 Å². The number of thiazole rings is 1. The molecule has 2 amide bonds. The van der Waals surface area contributed by atoms with Crippen molar-refractivity contribution in [3.05, 3.63) is 82.8 Å². The zero-order valence-electron chi connectivity index (χ0n) is 16.3. The summed E-state index contributed by atoms with van der Waals surface area (Å²) in [5, 5.41) is 7.25. The normalized spacial score (nSPS) is 13.0. The summed E-state index contributed by atoms with van der Waals surface area (Å²) in [4.78, 5) is 36.5. The summed E-state index contributed by atoms with van der Waals surface area (Å²) in [7, 11) is 0. The standard InChI is InChI=1S/C22H17N5O3S/c28-20(16-8-4-5-10-23-16)25-22-24-15-9-11-27(13-19(15)31-22)21(29)17-12-18(30-26-17)14-6-2-1-3-7-14/h1-8,10,12H,9,11,13H2,(H,24,25,28). The van der Waals surface area contributed by atoms with Crippen LogP contribution in [0.1, 0.15) is 31.5 Å². The van der Waals surface area contributed by atoms with Gasteiger partial charge < -0.3 is 9.42 Å². The van der Waals surface area contributed by atoms with E-state index in [2.05, 4.69) is 20.4 Å². The number of anilines is 1. The van der Waals surface area contributed by atoms with E-state index in [1.807, 2.05) is 30.3 Å². The highest BCUT2D eigenvalue weighted by molar-refractivity contribution is 7.15. The van der Waals surface area contributed by atoms with Crippen molar-refractivity contribution >= 4 is 28.3 Å². The van der Waals surface area contributed by atoms with Gasteiger partial charge in [0, 0.05) is 35.7 Å². The number of aromatic nitrogens is 3. The number of nitrogens with one attached hydrogen (secondary N) is 1. The Hall–Kier alpha value is -3.85. The monoisotopic (exact) mass is 431 g/mol. The van der Waals surface area contributed by atoms with Crippen molar-refractivity contribution in [2.75, 3.05) is 11.9 Å². The van der Waals surface area contributed by atoms with Gasteiger partial charge in [0.15, 0.2) is 16.6 Å². The average Bonchev–Trinajstić information content (AvgIpc) is 3.46. The van der Waals surface area contributed by atoms with E-state index in [9.17, 15) is 9.59 Å². The Morgan fingerprint density at radius 1 is 1.06 bits per heavy atom. The highest BCUT2D eigenvalue weighted by atomic mass is 32.1. The number of carbonyl (C=O) groups is 2. The molecule has 1 aliphatic heterocycles. The van der Waals surface area contributed by atoms with Gasteiger partial charge in [-0.25, -0.2) is 4.98 Å². The molecule has 0 atom stereocenters. The van der Waals surface area contributed by atoms with Gasteiger partial charge in [-0.2, -0.15) is 0 Å². The van der Waals surface area contributed by atoms with E-state index in [0.29, 0.717) is 36.1 Å². The summed E-state index contributed by atoms with van der Waals surface area (Å²) in [6.07, 6.45) is 2.18. The lowest BCUT2D eigenvalue weighted by molar-refractivity contribution is 0.0725. The average molecular weight is 431 g/mol. The lowest BCUT2D eigenvalue weighted by Crippen LogP contribution is -2.35. The summed E-state index contributed by atoms with van der Waals surface area (Å²) in [6.45, 7) is 0.940. The van der Waals surface area contributed by atoms with Crippen LogP contribution >= 0.6 is 11.3 Å². The van der Waals surface area contributed by atoms with Gasteiger partial charge in [0.25, 0.3) is 11.8 Å². The Morgan fingerprint density at radius 3 is 2.71 bits per heavy atom. The third-order valence-corrected chi connectivity index (χ3v) is 5.92. The number of hydrogen-bond acceptors (Lipinski definition) is 7. The second-order valence-corrected chi connectivity index (χ2v) is 8.06. The molecule has 0 unspecified atom stereocenters. The van der Waals surface area contributed by atoms with E-state index in [1.54, 1.807) is 35.4 Å². The van der Waals surface area contributed by atoms with E-state index < -0.39 is 0 Å². The predicted octanol–water partition coefficient (Wildman–Crippen LogP) is 3.64. The lowest BCUT2D eigenvalue weighted by Gasteiger charge is -2.25. The minimum Gasteiger partial charge on any atom is -0.355 e. The molecule has 0 bridgehead atoms. The fourth-order valence-electron chi connectivity index (χ4n) is 3.36. The molecule has 4 aromatic rings. The molecule has 3 aromatic heterocycles. The minimum atomic E-state index is -0.310. The Bertz CT molecular complexity index is 1240. The molecule has 1 aromatic carbocycles. The fourth-order valence-corrected chi connectivity index (χ4v) is 4.38. The van der Waals surface area contributed by atoms with Crippen molar-refractivity contribution in [2.45, 2.75) is 13.0 Å². The molecule has 1 N–H and O–H groups in total. The molecule has 0 radical (unpaired) electrons. The van der Waals surface area contributed by atoms with Gasteiger partial charge >= 0.3 is 0 Å². The Kier molecular flexibility index (Phi) is 5.01. The van der Waals surface area contributed by atoms with Crippen LogP contribution in [0.25, 0.3) is 11.3 Å². The van der Waals surface area contributed by atoms with E-state index in [-0.39, 0.29) is 17.5 Å². The first-order chi connectivity index (χ1) is 15.2. The van der Waals surface area contributed by atoms with E-state index in [0.717, 1.165) is 16.1 Å². The summed E-state index contributed by atoms with van der Waals surface area (Å²) in [5.74, 6) is 0.0543. The van der Waals surface area contributed by atoms with Gasteiger partial charge in [-0.3, -0.25) is 19.9 Å². The third kappa shape index (κ3) is 3.95. The number of pyridine rings is 1. The molecule has 1 aliphatic rings. The van der Waals surface area contributed by atoms with Gasteiger partial charge in [0.05, 0.1) is 12.2 Å². The Labute approximate surface area is 181 Å². The first kappa shape index (κ1) is 19.1. The minimum absolute atomic E-state index is 0.191. The van der Waals surface area contributed by atoms with Gasteiger partial charge in [-0.05, 0) is 12.1 Å². The van der Waals surface area contributed by atoms with Crippen LogP contribution in [0.2, 0.25) is 0 Å². The van der Waals surface area contributed by atoms with Crippen LogP contribution in [0.15, 0.2) is 65.3 Å². The van der Waals surface area contributed by atoms with Gasteiger partial charge in [-0.15, -0.1) is 0 Å². The number of nitrogens with zero attached hydrogens (tertiary/aromatic N) is 4. The Morgan fingerprint density at radius 2 is 1.90 bits per heavy atom. The van der Waals surface area contributed by atoms with Crippen LogP contribution < -0.4 is 5.32 Å². The van der Waals surface area contributed by atoms with E-state index in [4.69, 9.17) is 4.52 Å². The first-order valence-electron chi connectivity index (χ1n) is 9.70. The van der Waals surface area contributed by atoms with Crippen molar-refractivity contribution in [2.24, 2.45) is 0 Å². The van der Waals surface area contributed by atoms with Crippen molar-refractivity contribution in [1.82, 2.24) is 20.0 Å². The Balaban J connectivity index is 1.28. The molecule has 0 spiro atoms. The summed E-state index contributed by atoms with van der Waals surface area (Å²) in [6, 6.07) is 16.3. The molecule has 0 fully saturated rings. The lowest BCUT2D eigenvalue weighted by atomic mass is 10.1. The quantitative estimate of drug-likeness (QED) is 0.529. The maximum absolute atomic E-state index is 12.9. The maximum atomic E-state index is 12.9. The number of fused-ring (bicyclic) bond motifs is 1. The van der Waals surface area contributed by atoms with Gasteiger partial charge in [0.1, 0.15) is 5.69 Å². The summed E-state index contributed by atoms with van der Waals surface area (Å²) >= 11 is 1.37. The topological polar surface area (TPSA) is 101 Å². The number of amides is 2. The van der Waals surface area contributed by atoms with Crippen LogP contribution in [-0.2, 0) is 13.0 Å². The predicted molar refractivity (Wildman–Crippen MR) is 115 cm³/mol. The van der Waals surface area contributed by atoms with Gasteiger partial charge in [-0.1, -0.05) is 52.9 Å². The molecular formula is C22H17N5O3S. The second-order valence-electron chi connectivity index (χ2n) is 6.98. The fraction of sp³-hybridized carbons (Fsp3) is 0.136. The first-order valence-corrected chi connectivity index (χ1v) is 10.5. The molecule has 0 aliphatic carbocycles. The van der Waals surface area contributed by atoms with Crippen LogP contribution in [0.4, 0.5) is 5.13 Å². The molecular weight excluding hydrogens is 414 g/mol. The highest BCUT2D eigenvalue weighted by Crippen LogP contribution is 2.29. The molecule has 5 rings (SSSR count). The van der Waals surface area contributed by atoms with Crippen molar-refractivity contribution in [3.8, 4) is 11.3 Å².